The van der Waals surface area contributed by atoms with Gasteiger partial charge in [-0.15, -0.1) is 11.3 Å². The van der Waals surface area contributed by atoms with E-state index in [2.05, 4.69) is 69.1 Å². The Bertz CT molecular complexity index is 2320. The molecule has 1 unspecified atom stereocenters. The second-order valence-corrected chi connectivity index (χ2v) is 19.0. The summed E-state index contributed by atoms with van der Waals surface area (Å²) in [4.78, 5) is 76.8. The van der Waals surface area contributed by atoms with Gasteiger partial charge in [-0.3, -0.25) is 28.5 Å². The highest BCUT2D eigenvalue weighted by atomic mass is 32.1. The zero-order valence-corrected chi connectivity index (χ0v) is 38.8. The van der Waals surface area contributed by atoms with Gasteiger partial charge in [-0.1, -0.05) is 51.5 Å². The first-order chi connectivity index (χ1) is 31.2. The average Bonchev–Trinajstić information content (AvgIpc) is 3.51. The number of aryl methyl sites for hydroxylation is 1. The molecule has 8 rings (SSSR count). The van der Waals surface area contributed by atoms with E-state index in [1.807, 2.05) is 24.6 Å². The number of hydrogen-bond acceptors (Lipinski definition) is 13. The van der Waals surface area contributed by atoms with Crippen molar-refractivity contribution >= 4 is 52.8 Å². The monoisotopic (exact) mass is 912 g/mol. The number of fused-ring (bicyclic) bond motifs is 2. The van der Waals surface area contributed by atoms with Crippen LogP contribution in [0.3, 0.4) is 0 Å². The van der Waals surface area contributed by atoms with Gasteiger partial charge in [-0.2, -0.15) is 0 Å². The molecule has 18 heteroatoms. The minimum atomic E-state index is -0.755. The summed E-state index contributed by atoms with van der Waals surface area (Å²) in [6.45, 7) is 10.4. The predicted molar refractivity (Wildman–Crippen MR) is 250 cm³/mol. The van der Waals surface area contributed by atoms with Gasteiger partial charge in [0.15, 0.2) is 0 Å². The summed E-state index contributed by atoms with van der Waals surface area (Å²) in [5, 5.41) is 21.1. The number of aliphatic hydroxyl groups is 1. The van der Waals surface area contributed by atoms with Crippen LogP contribution in [-0.4, -0.2) is 86.0 Å². The van der Waals surface area contributed by atoms with E-state index < -0.39 is 11.8 Å². The lowest BCUT2D eigenvalue weighted by Gasteiger charge is -2.39. The third-order valence-electron chi connectivity index (χ3n) is 12.1. The number of thiazole rings is 1. The number of carbonyl (C=O) groups excluding carboxylic acids is 4. The summed E-state index contributed by atoms with van der Waals surface area (Å²) >= 11 is 1.64. The highest BCUT2D eigenvalue weighted by Crippen LogP contribution is 2.59. The molecule has 3 fully saturated rings. The third kappa shape index (κ3) is 13.2. The standard InChI is InChI=1S/C31H42N8O6.C12H12N2OS.C4H10/c32-23-15-24(35-19-34-23)36-22-14-20(27-28(43)37-31(39(27)29(22)44)10-8-30(6-7-30)9-11-31)18-45-13-3-1-2-4-25(41)33-16-26(42)38-12-5-21(40)17-38;1-9-12(16-8-14-9)11-4-2-10(3-5-11)6-13-7-15;1-4(2)3/h14-15,19,21,40H,1-13,16-18H2,(H,33,41)(H,37,43)(H3,32,34,35,36);2-5,7-8H,6H2,1H3,(H,13,15);4H,1-3H3. The number of ether oxygens (including phenoxy) is 1. The van der Waals surface area contributed by atoms with Crippen molar-refractivity contribution in [3.05, 3.63) is 81.1 Å². The van der Waals surface area contributed by atoms with Crippen molar-refractivity contribution in [2.45, 2.75) is 123 Å². The number of nitrogens with one attached hydrogen (secondary N) is 4. The first-order valence-electron chi connectivity index (χ1n) is 22.6. The van der Waals surface area contributed by atoms with Crippen molar-refractivity contribution in [1.29, 1.82) is 0 Å². The van der Waals surface area contributed by atoms with Crippen LogP contribution in [0.25, 0.3) is 10.4 Å². The molecule has 4 aromatic rings. The summed E-state index contributed by atoms with van der Waals surface area (Å²) in [5.41, 5.74) is 11.6. The third-order valence-corrected chi connectivity index (χ3v) is 13.0. The Kier molecular flexibility index (Phi) is 16.8. The van der Waals surface area contributed by atoms with Gasteiger partial charge in [0.05, 0.1) is 35.3 Å². The van der Waals surface area contributed by atoms with E-state index in [1.54, 1.807) is 32.9 Å². The Hall–Kier alpha value is -5.72. The van der Waals surface area contributed by atoms with Gasteiger partial charge in [0, 0.05) is 44.3 Å². The Labute approximate surface area is 384 Å². The molecule has 1 atom stereocenters. The molecule has 2 aliphatic heterocycles. The number of nitrogens with two attached hydrogens (primary N) is 1. The Morgan fingerprint density at radius 2 is 1.75 bits per heavy atom. The summed E-state index contributed by atoms with van der Waals surface area (Å²) in [6.07, 6.45) is 10.3. The van der Waals surface area contributed by atoms with Crippen LogP contribution < -0.4 is 32.6 Å². The van der Waals surface area contributed by atoms with E-state index >= 15 is 0 Å². The molecule has 4 aliphatic rings. The van der Waals surface area contributed by atoms with Crippen LogP contribution in [0.2, 0.25) is 0 Å². The van der Waals surface area contributed by atoms with Crippen molar-refractivity contribution in [2.75, 3.05) is 37.3 Å². The van der Waals surface area contributed by atoms with Crippen molar-refractivity contribution < 1.29 is 29.0 Å². The fraction of sp³-hybridized carbons (Fsp3) is 0.532. The molecule has 0 bridgehead atoms. The summed E-state index contributed by atoms with van der Waals surface area (Å²) < 4.78 is 7.63. The second kappa shape index (κ2) is 22.5. The molecular weight excluding hydrogens is 849 g/mol. The number of nitrogens with zero attached hydrogens (tertiary/aromatic N) is 5. The Balaban J connectivity index is 0.000000290. The Morgan fingerprint density at radius 1 is 1.03 bits per heavy atom. The van der Waals surface area contributed by atoms with E-state index in [-0.39, 0.29) is 47.9 Å². The predicted octanol–water partition coefficient (Wildman–Crippen LogP) is 5.53. The largest absolute Gasteiger partial charge is 0.391 e. The lowest BCUT2D eigenvalue weighted by molar-refractivity contribution is -0.132. The van der Waals surface area contributed by atoms with Gasteiger partial charge >= 0.3 is 0 Å². The molecule has 17 nitrogen and oxygen atoms in total. The number of anilines is 3. The summed E-state index contributed by atoms with van der Waals surface area (Å²) in [6, 6.07) is 11.4. The average molecular weight is 913 g/mol. The molecule has 4 amide bonds. The van der Waals surface area contributed by atoms with E-state index in [9.17, 15) is 29.1 Å². The number of amides is 4. The highest BCUT2D eigenvalue weighted by molar-refractivity contribution is 7.13. The molecule has 2 saturated carbocycles. The minimum absolute atomic E-state index is 0.0592. The maximum absolute atomic E-state index is 13.9. The lowest BCUT2D eigenvalue weighted by atomic mass is 9.79. The van der Waals surface area contributed by atoms with Crippen molar-refractivity contribution in [1.82, 2.24) is 40.4 Å². The molecule has 2 spiro atoms. The maximum atomic E-state index is 13.9. The van der Waals surface area contributed by atoms with Gasteiger partial charge in [-0.05, 0) is 93.2 Å². The number of pyridine rings is 1. The van der Waals surface area contributed by atoms with Gasteiger partial charge in [0.1, 0.15) is 35.0 Å². The number of aliphatic hydroxyl groups excluding tert-OH is 1. The van der Waals surface area contributed by atoms with E-state index in [0.29, 0.717) is 93.7 Å². The van der Waals surface area contributed by atoms with Crippen LogP contribution in [-0.2, 0) is 37.9 Å². The molecular formula is C47H64N10O7S. The zero-order chi connectivity index (χ0) is 46.6. The normalized spacial score (nSPS) is 17.4. The number of rotatable bonds is 16. The van der Waals surface area contributed by atoms with Crippen molar-refractivity contribution in [3.8, 4) is 10.4 Å². The lowest BCUT2D eigenvalue weighted by Crippen LogP contribution is -2.50. The number of benzene rings is 1. The molecule has 7 N–H and O–H groups in total. The van der Waals surface area contributed by atoms with Crippen LogP contribution in [0, 0.1) is 18.3 Å². The van der Waals surface area contributed by atoms with Crippen LogP contribution in [0.1, 0.15) is 119 Å². The molecule has 0 radical (unpaired) electrons. The quantitative estimate of drug-likeness (QED) is 0.0602. The molecule has 65 heavy (non-hydrogen) atoms. The van der Waals surface area contributed by atoms with Gasteiger partial charge in [0.2, 0.25) is 18.2 Å². The number of nitrogen functional groups attached to an aromatic ring is 1. The molecule has 1 aromatic carbocycles. The molecule has 2 aliphatic carbocycles. The number of β-amino-alcohol motifs (C(OH)–C–C–N with tert-alkyl or cyclic N) is 1. The Morgan fingerprint density at radius 3 is 2.38 bits per heavy atom. The molecule has 1 saturated heterocycles. The molecule has 3 aromatic heterocycles. The number of carbonyl (C=O) groups is 4. The summed E-state index contributed by atoms with van der Waals surface area (Å²) in [7, 11) is 0. The molecule has 350 valence electrons. The van der Waals surface area contributed by atoms with E-state index in [1.165, 1.54) is 29.6 Å². The first kappa shape index (κ1) is 48.7. The maximum Gasteiger partial charge on any atom is 0.276 e. The van der Waals surface area contributed by atoms with Crippen LogP contribution in [0.15, 0.2) is 53.0 Å². The zero-order valence-electron chi connectivity index (χ0n) is 38.0. The summed E-state index contributed by atoms with van der Waals surface area (Å²) in [5.74, 6) is 0.844. The number of hydrogen-bond donors (Lipinski definition) is 6. The smallest absolute Gasteiger partial charge is 0.276 e. The van der Waals surface area contributed by atoms with Crippen LogP contribution >= 0.6 is 11.3 Å². The van der Waals surface area contributed by atoms with E-state index in [4.69, 9.17) is 10.5 Å². The highest BCUT2D eigenvalue weighted by Gasteiger charge is 2.54. The van der Waals surface area contributed by atoms with Gasteiger partial charge in [0.25, 0.3) is 11.5 Å². The van der Waals surface area contributed by atoms with Gasteiger partial charge in [-0.25, -0.2) is 15.0 Å². The van der Waals surface area contributed by atoms with Gasteiger partial charge < -0.3 is 41.7 Å². The topological polar surface area (TPSA) is 236 Å². The number of likely N-dealkylation sites (tertiary alicyclic amines) is 1. The number of aromatic nitrogens is 4. The van der Waals surface area contributed by atoms with Crippen LogP contribution in [0.5, 0.6) is 0 Å². The SMILES string of the molecule is CC(C)C.Cc1ncsc1-c1ccc(CNC=O)cc1.Nc1cc(Nc2cc(COCCCCCC(=O)NCC(=O)N3CCC(O)C3)c3n(c2=O)C2(CCC4(CC4)CC2)NC3=O)ncn1. The van der Waals surface area contributed by atoms with Crippen LogP contribution in [0.4, 0.5) is 17.3 Å². The minimum Gasteiger partial charge on any atom is -0.391 e. The molecule has 5 heterocycles. The van der Waals surface area contributed by atoms with E-state index in [0.717, 1.165) is 36.4 Å². The fourth-order valence-corrected chi connectivity index (χ4v) is 9.17. The first-order valence-corrected chi connectivity index (χ1v) is 23.5. The van der Waals surface area contributed by atoms with Crippen molar-refractivity contribution in [3.63, 3.8) is 0 Å². The fourth-order valence-electron chi connectivity index (χ4n) is 8.35. The number of unbranched alkanes of at least 4 members (excludes halogenated alkanes) is 2. The second-order valence-electron chi connectivity index (χ2n) is 18.1. The van der Waals surface area contributed by atoms with Crippen molar-refractivity contribution in [2.24, 2.45) is 11.3 Å².